The Balaban J connectivity index is 1.93. The number of aliphatic hydroxyl groups excluding tert-OH is 1. The lowest BCUT2D eigenvalue weighted by Crippen LogP contribution is -2.45. The van der Waals surface area contributed by atoms with Gasteiger partial charge in [0.15, 0.2) is 0 Å². The lowest BCUT2D eigenvalue weighted by atomic mass is 10.1. The zero-order valence-electron chi connectivity index (χ0n) is 11.3. The van der Waals surface area contributed by atoms with E-state index in [4.69, 9.17) is 5.11 Å². The molecule has 6 nitrogen and oxygen atoms in total. The van der Waals surface area contributed by atoms with Crippen molar-refractivity contribution < 1.29 is 14.7 Å². The van der Waals surface area contributed by atoms with Crippen LogP contribution in [0.15, 0.2) is 11.6 Å². The summed E-state index contributed by atoms with van der Waals surface area (Å²) in [4.78, 5) is 31.3. The zero-order chi connectivity index (χ0) is 14.4. The van der Waals surface area contributed by atoms with Crippen molar-refractivity contribution in [2.24, 2.45) is 0 Å². The largest absolute Gasteiger partial charge is 0.395 e. The van der Waals surface area contributed by atoms with Gasteiger partial charge in [0.05, 0.1) is 19.7 Å². The number of nitrogens with zero attached hydrogens (tertiary/aromatic N) is 3. The highest BCUT2D eigenvalue weighted by Gasteiger charge is 2.23. The Bertz CT molecular complexity index is 450. The molecule has 2 heterocycles. The van der Waals surface area contributed by atoms with Gasteiger partial charge in [-0.25, -0.2) is 4.98 Å². The highest BCUT2D eigenvalue weighted by atomic mass is 32.1. The summed E-state index contributed by atoms with van der Waals surface area (Å²) in [5, 5.41) is 11.8. The second-order valence-corrected chi connectivity index (χ2v) is 5.72. The summed E-state index contributed by atoms with van der Waals surface area (Å²) in [6.45, 7) is 1.31. The van der Waals surface area contributed by atoms with E-state index >= 15 is 0 Å². The molecule has 1 aromatic heterocycles. The van der Waals surface area contributed by atoms with Gasteiger partial charge in [-0.3, -0.25) is 9.59 Å². The Labute approximate surface area is 122 Å². The average molecular weight is 297 g/mol. The van der Waals surface area contributed by atoms with Gasteiger partial charge in [-0.2, -0.15) is 0 Å². The lowest BCUT2D eigenvalue weighted by Gasteiger charge is -2.29. The third-order valence-electron chi connectivity index (χ3n) is 3.28. The van der Waals surface area contributed by atoms with Crippen LogP contribution < -0.4 is 0 Å². The second kappa shape index (κ2) is 7.35. The molecule has 0 aliphatic carbocycles. The van der Waals surface area contributed by atoms with E-state index in [0.717, 1.165) is 17.8 Å². The van der Waals surface area contributed by atoms with Gasteiger partial charge in [-0.1, -0.05) is 0 Å². The first-order valence-corrected chi connectivity index (χ1v) is 7.63. The van der Waals surface area contributed by atoms with Gasteiger partial charge in [0, 0.05) is 31.1 Å². The van der Waals surface area contributed by atoms with Crippen molar-refractivity contribution in [3.05, 3.63) is 16.6 Å². The number of rotatable bonds is 6. The molecular weight excluding hydrogens is 278 g/mol. The molecule has 0 bridgehead atoms. The van der Waals surface area contributed by atoms with Gasteiger partial charge in [0.1, 0.15) is 5.01 Å². The van der Waals surface area contributed by atoms with Gasteiger partial charge < -0.3 is 14.9 Å². The smallest absolute Gasteiger partial charge is 0.242 e. The van der Waals surface area contributed by atoms with E-state index in [9.17, 15) is 9.59 Å². The molecule has 0 spiro atoms. The van der Waals surface area contributed by atoms with E-state index < -0.39 is 0 Å². The molecule has 0 unspecified atom stereocenters. The fourth-order valence-corrected chi connectivity index (χ4v) is 2.83. The summed E-state index contributed by atoms with van der Waals surface area (Å²) in [5.41, 5.74) is 0. The third-order valence-corrected chi connectivity index (χ3v) is 4.04. The predicted molar refractivity (Wildman–Crippen MR) is 75.0 cm³/mol. The quantitative estimate of drug-likeness (QED) is 0.828. The van der Waals surface area contributed by atoms with Crippen LogP contribution in [0.5, 0.6) is 0 Å². The van der Waals surface area contributed by atoms with Crippen LogP contribution in [0.1, 0.15) is 24.3 Å². The van der Waals surface area contributed by atoms with Crippen molar-refractivity contribution in [3.63, 3.8) is 0 Å². The first-order chi connectivity index (χ1) is 9.70. The van der Waals surface area contributed by atoms with Crippen LogP contribution in [0.25, 0.3) is 0 Å². The minimum absolute atomic E-state index is 0.0443. The van der Waals surface area contributed by atoms with Crippen molar-refractivity contribution in [1.29, 1.82) is 0 Å². The van der Waals surface area contributed by atoms with E-state index in [1.54, 1.807) is 16.0 Å². The number of likely N-dealkylation sites (tertiary alicyclic amines) is 1. The average Bonchev–Trinajstić information content (AvgIpc) is 2.94. The molecule has 1 saturated heterocycles. The Kier molecular flexibility index (Phi) is 5.49. The Morgan fingerprint density at radius 1 is 1.50 bits per heavy atom. The van der Waals surface area contributed by atoms with E-state index in [1.807, 2.05) is 5.38 Å². The summed E-state index contributed by atoms with van der Waals surface area (Å²) in [7, 11) is 0. The van der Waals surface area contributed by atoms with Gasteiger partial charge in [0.2, 0.25) is 11.8 Å². The highest BCUT2D eigenvalue weighted by molar-refractivity contribution is 7.09. The molecule has 0 radical (unpaired) electrons. The second-order valence-electron chi connectivity index (χ2n) is 4.74. The molecule has 1 N–H and O–H groups in total. The number of thiazole rings is 1. The zero-order valence-corrected chi connectivity index (χ0v) is 12.1. The minimum atomic E-state index is -0.135. The Morgan fingerprint density at radius 2 is 2.35 bits per heavy atom. The van der Waals surface area contributed by atoms with Crippen LogP contribution in [-0.4, -0.2) is 57.9 Å². The number of amides is 2. The monoisotopic (exact) mass is 297 g/mol. The van der Waals surface area contributed by atoms with E-state index in [-0.39, 0.29) is 31.5 Å². The van der Waals surface area contributed by atoms with Crippen LogP contribution >= 0.6 is 11.3 Å². The van der Waals surface area contributed by atoms with Crippen LogP contribution in [0.2, 0.25) is 0 Å². The van der Waals surface area contributed by atoms with Crippen LogP contribution in [0, 0.1) is 0 Å². The van der Waals surface area contributed by atoms with Crippen molar-refractivity contribution in [2.75, 3.05) is 26.2 Å². The summed E-state index contributed by atoms with van der Waals surface area (Å²) < 4.78 is 0. The maximum Gasteiger partial charge on any atom is 0.242 e. The molecule has 20 heavy (non-hydrogen) atoms. The molecule has 7 heteroatoms. The number of hydrogen-bond acceptors (Lipinski definition) is 5. The lowest BCUT2D eigenvalue weighted by molar-refractivity contribution is -0.142. The maximum atomic E-state index is 12.3. The van der Waals surface area contributed by atoms with Crippen LogP contribution in [-0.2, 0) is 16.1 Å². The van der Waals surface area contributed by atoms with E-state index in [2.05, 4.69) is 4.98 Å². The summed E-state index contributed by atoms with van der Waals surface area (Å²) in [6.07, 6.45) is 4.07. The SMILES string of the molecule is O=C1CCCCN1CC(=O)N(CCO)Cc1nccs1. The molecule has 1 fully saturated rings. The normalized spacial score (nSPS) is 15.4. The van der Waals surface area contributed by atoms with Gasteiger partial charge >= 0.3 is 0 Å². The van der Waals surface area contributed by atoms with E-state index in [0.29, 0.717) is 19.5 Å². The molecule has 1 aliphatic heterocycles. The molecule has 2 amide bonds. The fourth-order valence-electron chi connectivity index (χ4n) is 2.20. The molecule has 2 rings (SSSR count). The number of carbonyl (C=O) groups excluding carboxylic acids is 2. The van der Waals surface area contributed by atoms with Crippen LogP contribution in [0.4, 0.5) is 0 Å². The molecular formula is C13H19N3O3S. The molecule has 1 aromatic rings. The van der Waals surface area contributed by atoms with E-state index in [1.165, 1.54) is 11.3 Å². The third kappa shape index (κ3) is 4.01. The van der Waals surface area contributed by atoms with Gasteiger partial charge in [0.25, 0.3) is 0 Å². The number of carbonyl (C=O) groups is 2. The first kappa shape index (κ1) is 14.9. The maximum absolute atomic E-state index is 12.3. The number of piperidine rings is 1. The first-order valence-electron chi connectivity index (χ1n) is 6.75. The van der Waals surface area contributed by atoms with Crippen molar-refractivity contribution in [3.8, 4) is 0 Å². The molecule has 110 valence electrons. The summed E-state index contributed by atoms with van der Waals surface area (Å²) >= 11 is 1.47. The number of hydrogen-bond donors (Lipinski definition) is 1. The molecule has 0 saturated carbocycles. The summed E-state index contributed by atoms with van der Waals surface area (Å²) in [5.74, 6) is -0.0905. The number of aliphatic hydroxyl groups is 1. The molecule has 0 atom stereocenters. The van der Waals surface area contributed by atoms with Gasteiger partial charge in [-0.05, 0) is 12.8 Å². The summed E-state index contributed by atoms with van der Waals surface area (Å²) in [6, 6.07) is 0. The molecule has 0 aromatic carbocycles. The van der Waals surface area contributed by atoms with Gasteiger partial charge in [-0.15, -0.1) is 11.3 Å². The number of aromatic nitrogens is 1. The standard InChI is InChI=1S/C13H19N3O3S/c17-7-6-16(9-11-14-4-8-20-11)13(19)10-15-5-2-1-3-12(15)18/h4,8,17H,1-3,5-7,9-10H2. The van der Waals surface area contributed by atoms with Crippen molar-refractivity contribution in [2.45, 2.75) is 25.8 Å². The topological polar surface area (TPSA) is 73.7 Å². The minimum Gasteiger partial charge on any atom is -0.395 e. The van der Waals surface area contributed by atoms with Crippen molar-refractivity contribution >= 4 is 23.2 Å². The Morgan fingerprint density at radius 3 is 3.00 bits per heavy atom. The van der Waals surface area contributed by atoms with Crippen LogP contribution in [0.3, 0.4) is 0 Å². The Hall–Kier alpha value is -1.47. The molecule has 1 aliphatic rings. The fraction of sp³-hybridized carbons (Fsp3) is 0.615. The highest BCUT2D eigenvalue weighted by Crippen LogP contribution is 2.12. The van der Waals surface area contributed by atoms with Crippen molar-refractivity contribution in [1.82, 2.24) is 14.8 Å². The predicted octanol–water partition coefficient (Wildman–Crippen LogP) is 0.477.